The summed E-state index contributed by atoms with van der Waals surface area (Å²) >= 11 is 1.50. The van der Waals surface area contributed by atoms with E-state index in [-0.39, 0.29) is 24.2 Å². The lowest BCUT2D eigenvalue weighted by Crippen LogP contribution is -2.68. The van der Waals surface area contributed by atoms with Crippen molar-refractivity contribution in [3.63, 3.8) is 0 Å². The number of primary amides is 1. The normalized spacial score (nSPS) is 32.1. The summed E-state index contributed by atoms with van der Waals surface area (Å²) in [7, 11) is 0. The molecule has 4 aliphatic rings. The molecule has 1 heterocycles. The number of hydrogen-bond acceptors (Lipinski definition) is 9. The summed E-state index contributed by atoms with van der Waals surface area (Å²) in [6, 6.07) is 1.96. The Labute approximate surface area is 219 Å². The first kappa shape index (κ1) is 26.1. The number of nitrogens with two attached hydrogens (primary N) is 1. The third-order valence-electron chi connectivity index (χ3n) is 8.72. The number of hydrogen-bond donors (Lipinski definition) is 3. The van der Waals surface area contributed by atoms with Crippen LogP contribution in [0.3, 0.4) is 0 Å². The predicted octanol–water partition coefficient (Wildman–Crippen LogP) is 1.18. The molecule has 0 aromatic heterocycles. The molecular weight excluding hydrogens is 496 g/mol. The summed E-state index contributed by atoms with van der Waals surface area (Å²) < 4.78 is 0. The van der Waals surface area contributed by atoms with Crippen LogP contribution in [-0.2, 0) is 37.9 Å². The van der Waals surface area contributed by atoms with Crippen molar-refractivity contribution in [2.75, 3.05) is 19.3 Å². The van der Waals surface area contributed by atoms with E-state index in [4.69, 9.17) is 5.73 Å². The Morgan fingerprint density at radius 1 is 1.11 bits per heavy atom. The van der Waals surface area contributed by atoms with E-state index in [1.807, 2.05) is 12.3 Å². The molecule has 2 saturated carbocycles. The largest absolute Gasteiger partial charge is 0.507 e. The molecule has 5 atom stereocenters. The van der Waals surface area contributed by atoms with E-state index in [1.165, 1.54) is 18.2 Å². The third-order valence-corrected chi connectivity index (χ3v) is 9.32. The van der Waals surface area contributed by atoms with Crippen molar-refractivity contribution in [1.82, 2.24) is 4.90 Å². The Balaban J connectivity index is 1.57. The second-order valence-corrected chi connectivity index (χ2v) is 11.8. The minimum Gasteiger partial charge on any atom is -0.507 e. The molecule has 1 aromatic rings. The molecule has 2 unspecified atom stereocenters. The number of likely N-dealkylation sites (tertiary alicyclic amines) is 1. The van der Waals surface area contributed by atoms with Crippen LogP contribution in [0.4, 0.5) is 0 Å². The van der Waals surface area contributed by atoms with E-state index in [0.717, 1.165) is 31.5 Å². The van der Waals surface area contributed by atoms with Gasteiger partial charge in [-0.3, -0.25) is 28.9 Å². The lowest BCUT2D eigenvalue weighted by atomic mass is 9.53. The van der Waals surface area contributed by atoms with Crippen LogP contribution in [0.25, 0.3) is 0 Å². The van der Waals surface area contributed by atoms with Gasteiger partial charge in [-0.15, -0.1) is 0 Å². The minimum atomic E-state index is -2.62. The van der Waals surface area contributed by atoms with Crippen LogP contribution in [0.5, 0.6) is 5.75 Å². The van der Waals surface area contributed by atoms with Gasteiger partial charge in [-0.1, -0.05) is 6.42 Å². The van der Waals surface area contributed by atoms with Crippen LogP contribution in [0.1, 0.15) is 59.2 Å². The van der Waals surface area contributed by atoms with Crippen LogP contribution in [-0.4, -0.2) is 69.1 Å². The summed E-state index contributed by atoms with van der Waals surface area (Å²) in [5.74, 6) is -9.17. The Kier molecular flexibility index (Phi) is 6.79. The van der Waals surface area contributed by atoms with Gasteiger partial charge in [-0.2, -0.15) is 11.8 Å². The van der Waals surface area contributed by atoms with Crippen molar-refractivity contribution in [1.29, 1.82) is 0 Å². The van der Waals surface area contributed by atoms with Gasteiger partial charge < -0.3 is 15.9 Å². The number of Topliss-reactive ketones (excluding diaryl/α,β-unsaturated/α-hetero) is 4. The quantitative estimate of drug-likeness (QED) is 0.478. The van der Waals surface area contributed by atoms with Crippen LogP contribution >= 0.6 is 11.8 Å². The van der Waals surface area contributed by atoms with Gasteiger partial charge in [-0.05, 0) is 68.1 Å². The fourth-order valence-corrected chi connectivity index (χ4v) is 7.47. The SMILES string of the molecule is CSCc1cc(CN2CCCCC2)c2c(c1O)C(=O)C1C(=O)[C@]3(O)C(=O)C(C(N)=O)C(=O)C[C@@H]3C[C@@H]1C2. The van der Waals surface area contributed by atoms with Gasteiger partial charge in [-0.25, -0.2) is 0 Å². The molecule has 4 N–H and O–H groups in total. The smallest absolute Gasteiger partial charge is 0.235 e. The van der Waals surface area contributed by atoms with Gasteiger partial charge in [0.15, 0.2) is 34.7 Å². The van der Waals surface area contributed by atoms with Crippen LogP contribution in [0.15, 0.2) is 6.07 Å². The maximum Gasteiger partial charge on any atom is 0.235 e. The van der Waals surface area contributed by atoms with Crippen molar-refractivity contribution >= 4 is 40.8 Å². The molecule has 10 heteroatoms. The van der Waals surface area contributed by atoms with Crippen LogP contribution in [0.2, 0.25) is 0 Å². The van der Waals surface area contributed by atoms with Gasteiger partial charge in [0, 0.05) is 30.2 Å². The Hall–Kier alpha value is -2.56. The van der Waals surface area contributed by atoms with E-state index in [0.29, 0.717) is 29.8 Å². The fraction of sp³-hybridized carbons (Fsp3) is 0.593. The average Bonchev–Trinajstić information content (AvgIpc) is 2.84. The molecule has 37 heavy (non-hydrogen) atoms. The first-order valence-electron chi connectivity index (χ1n) is 12.8. The predicted molar refractivity (Wildman–Crippen MR) is 135 cm³/mol. The summed E-state index contributed by atoms with van der Waals surface area (Å²) in [6.07, 6.45) is 5.39. The highest BCUT2D eigenvalue weighted by atomic mass is 32.2. The highest BCUT2D eigenvalue weighted by Crippen LogP contribution is 2.51. The number of ketones is 4. The lowest BCUT2D eigenvalue weighted by Gasteiger charge is -2.48. The highest BCUT2D eigenvalue weighted by Gasteiger charge is 2.66. The minimum absolute atomic E-state index is 0.0981. The van der Waals surface area contributed by atoms with Gasteiger partial charge in [0.1, 0.15) is 5.75 Å². The van der Waals surface area contributed by atoms with Crippen molar-refractivity contribution in [3.8, 4) is 5.75 Å². The molecule has 0 spiro atoms. The summed E-state index contributed by atoms with van der Waals surface area (Å²) in [6.45, 7) is 2.53. The monoisotopic (exact) mass is 528 g/mol. The number of aliphatic hydroxyl groups is 1. The number of carbonyl (C=O) groups is 5. The van der Waals surface area contributed by atoms with Crippen molar-refractivity contribution in [2.45, 2.75) is 56.4 Å². The van der Waals surface area contributed by atoms with E-state index >= 15 is 0 Å². The Morgan fingerprint density at radius 2 is 1.81 bits per heavy atom. The summed E-state index contributed by atoms with van der Waals surface area (Å²) in [4.78, 5) is 67.4. The fourth-order valence-electron chi connectivity index (χ4n) is 6.94. The number of piperidine rings is 1. The molecule has 3 aliphatic carbocycles. The van der Waals surface area contributed by atoms with Crippen molar-refractivity contribution in [2.24, 2.45) is 29.4 Å². The number of fused-ring (bicyclic) bond motifs is 3. The lowest BCUT2D eigenvalue weighted by molar-refractivity contribution is -0.175. The number of phenols is 1. The standard InChI is InChI=1S/C27H32N2O7S/c1-37-12-15-7-14(11-29-5-3-2-4-6-29)17-9-13-8-16-10-18(30)21(26(28)35)25(34)27(16,36)24(33)19(13)23(32)20(17)22(15)31/h7,13,16,19,21,31,36H,2-6,8-12H2,1H3,(H2,28,35)/t13-,16+,19?,21?,27+/m1/s1. The van der Waals surface area contributed by atoms with E-state index in [1.54, 1.807) is 0 Å². The van der Waals surface area contributed by atoms with E-state index in [9.17, 15) is 34.2 Å². The maximum absolute atomic E-state index is 13.9. The van der Waals surface area contributed by atoms with E-state index < -0.39 is 58.3 Å². The van der Waals surface area contributed by atoms with Crippen LogP contribution < -0.4 is 5.73 Å². The molecule has 1 aromatic carbocycles. The second-order valence-electron chi connectivity index (χ2n) is 10.9. The molecule has 5 rings (SSSR count). The number of thioether (sulfide) groups is 1. The second kappa shape index (κ2) is 9.63. The number of rotatable bonds is 5. The van der Waals surface area contributed by atoms with Gasteiger partial charge in [0.05, 0.1) is 11.5 Å². The maximum atomic E-state index is 13.9. The zero-order valence-electron chi connectivity index (χ0n) is 20.8. The van der Waals surface area contributed by atoms with Gasteiger partial charge in [0.2, 0.25) is 5.91 Å². The molecule has 198 valence electrons. The number of amides is 1. The van der Waals surface area contributed by atoms with Gasteiger partial charge in [0.25, 0.3) is 0 Å². The Bertz CT molecular complexity index is 1210. The molecule has 3 fully saturated rings. The first-order chi connectivity index (χ1) is 17.6. The topological polar surface area (TPSA) is 155 Å². The summed E-state index contributed by atoms with van der Waals surface area (Å²) in [5, 5.41) is 22.5. The number of phenolic OH excluding ortho intramolecular Hbond substituents is 1. The van der Waals surface area contributed by atoms with Crippen molar-refractivity contribution < 1.29 is 34.2 Å². The first-order valence-corrected chi connectivity index (χ1v) is 14.2. The summed E-state index contributed by atoms with van der Waals surface area (Å²) in [5.41, 5.74) is 4.99. The molecule has 1 amide bonds. The zero-order chi connectivity index (χ0) is 26.6. The third kappa shape index (κ3) is 4.04. The van der Waals surface area contributed by atoms with Crippen LogP contribution in [0, 0.1) is 23.7 Å². The number of carbonyl (C=O) groups excluding carboxylic acids is 5. The zero-order valence-corrected chi connectivity index (χ0v) is 21.6. The highest BCUT2D eigenvalue weighted by molar-refractivity contribution is 7.97. The van der Waals surface area contributed by atoms with E-state index in [2.05, 4.69) is 4.90 Å². The van der Waals surface area contributed by atoms with Crippen molar-refractivity contribution in [3.05, 3.63) is 28.3 Å². The average molecular weight is 529 g/mol. The number of benzene rings is 1. The van der Waals surface area contributed by atoms with Gasteiger partial charge >= 0.3 is 0 Å². The Morgan fingerprint density at radius 3 is 2.46 bits per heavy atom. The molecular formula is C27H32N2O7S. The molecule has 0 radical (unpaired) electrons. The molecule has 0 bridgehead atoms. The molecule has 1 saturated heterocycles. The molecule has 9 nitrogen and oxygen atoms in total. The molecule has 1 aliphatic heterocycles. The number of nitrogens with zero attached hydrogens (tertiary/aromatic N) is 1. The number of aromatic hydroxyl groups is 1.